The van der Waals surface area contributed by atoms with Gasteiger partial charge in [-0.1, -0.05) is 17.7 Å². The first-order valence-electron chi connectivity index (χ1n) is 7.56. The molecule has 0 heterocycles. The van der Waals surface area contributed by atoms with E-state index in [0.29, 0.717) is 6.07 Å². The molecule has 0 bridgehead atoms. The van der Waals surface area contributed by atoms with Gasteiger partial charge in [0.1, 0.15) is 16.4 Å². The largest absolute Gasteiger partial charge is 1.00 e. The maximum absolute atomic E-state index is 12.3. The van der Waals surface area contributed by atoms with Crippen LogP contribution in [0.4, 0.5) is 5.69 Å². The van der Waals surface area contributed by atoms with Crippen LogP contribution in [0.1, 0.15) is 11.1 Å². The van der Waals surface area contributed by atoms with Crippen LogP contribution in [-0.4, -0.2) is 42.5 Å². The molecule has 0 amide bonds. The van der Waals surface area contributed by atoms with Gasteiger partial charge < -0.3 is 5.11 Å². The van der Waals surface area contributed by atoms with Gasteiger partial charge in [0.25, 0.3) is 20.2 Å². The topological polar surface area (TPSA) is 170 Å². The van der Waals surface area contributed by atoms with Crippen molar-refractivity contribution in [1.82, 2.24) is 0 Å². The standard InChI is InChI=1S/C16H11ClN2O8S2.Cr.Na/c17-9-2-4-12(20)11(6-9)18-19-16-13(21)3-1-8-5-10(28(22,23)24)7-14(15(8)16)29(25,26)27;;/h1-7,18,20H,(H,22,23,24)(H,25,26,27);;/q;;+1. The Morgan fingerprint density at radius 2 is 1.61 bits per heavy atom. The number of carbonyl (C=O) groups excluding carboxylic acids is 1. The van der Waals surface area contributed by atoms with Crippen LogP contribution in [-0.2, 0) is 42.4 Å². The van der Waals surface area contributed by atoms with E-state index in [0.717, 1.165) is 18.2 Å². The summed E-state index contributed by atoms with van der Waals surface area (Å²) in [7, 11) is -9.84. The second kappa shape index (κ2) is 10.1. The molecule has 0 aromatic heterocycles. The van der Waals surface area contributed by atoms with E-state index < -0.39 is 41.5 Å². The van der Waals surface area contributed by atoms with Crippen molar-refractivity contribution in [3.63, 3.8) is 0 Å². The minimum Gasteiger partial charge on any atom is -0.506 e. The summed E-state index contributed by atoms with van der Waals surface area (Å²) < 4.78 is 65.3. The number of anilines is 1. The molecule has 0 aliphatic heterocycles. The predicted molar refractivity (Wildman–Crippen MR) is 103 cm³/mol. The third kappa shape index (κ3) is 6.17. The summed E-state index contributed by atoms with van der Waals surface area (Å²) in [5, 5.41) is 13.9. The van der Waals surface area contributed by atoms with E-state index in [-0.39, 0.29) is 74.5 Å². The van der Waals surface area contributed by atoms with Crippen LogP contribution in [0.2, 0.25) is 5.02 Å². The summed E-state index contributed by atoms with van der Waals surface area (Å²) in [6, 6.07) is 5.35. The van der Waals surface area contributed by atoms with E-state index in [4.69, 9.17) is 11.6 Å². The van der Waals surface area contributed by atoms with Crippen molar-refractivity contribution in [3.8, 4) is 5.75 Å². The first-order valence-corrected chi connectivity index (χ1v) is 10.8. The third-order valence-electron chi connectivity index (χ3n) is 3.81. The molecule has 0 saturated heterocycles. The molecule has 15 heteroatoms. The molecule has 0 saturated carbocycles. The van der Waals surface area contributed by atoms with Gasteiger partial charge in [-0.25, -0.2) is 0 Å². The maximum Gasteiger partial charge on any atom is 1.00 e. The quantitative estimate of drug-likeness (QED) is 0.166. The Bertz CT molecular complexity index is 1330. The smallest absolute Gasteiger partial charge is 0.506 e. The number of fused-ring (bicyclic) bond motifs is 1. The molecule has 0 unspecified atom stereocenters. The third-order valence-corrected chi connectivity index (χ3v) is 5.76. The Kier molecular flexibility index (Phi) is 9.09. The van der Waals surface area contributed by atoms with Crippen molar-refractivity contribution < 1.29 is 82.8 Å². The second-order valence-corrected chi connectivity index (χ2v) is 9.01. The predicted octanol–water partition coefficient (Wildman–Crippen LogP) is -1.05. The van der Waals surface area contributed by atoms with E-state index in [9.17, 15) is 35.8 Å². The summed E-state index contributed by atoms with van der Waals surface area (Å²) >= 11 is 5.82. The number of hydrogen-bond acceptors (Lipinski definition) is 8. The van der Waals surface area contributed by atoms with Crippen LogP contribution < -0.4 is 35.0 Å². The monoisotopic (exact) mass is 533 g/mol. The fourth-order valence-corrected chi connectivity index (χ4v) is 4.08. The number of phenolic OH excluding ortho intramolecular Hbond substituents is 1. The number of aromatic hydroxyl groups is 1. The molecule has 3 rings (SSSR count). The van der Waals surface area contributed by atoms with Crippen molar-refractivity contribution in [2.45, 2.75) is 9.79 Å². The Hall–Kier alpha value is -1.24. The van der Waals surface area contributed by atoms with E-state index in [1.54, 1.807) is 0 Å². The molecule has 10 nitrogen and oxygen atoms in total. The van der Waals surface area contributed by atoms with Gasteiger partial charge in [-0.2, -0.15) is 21.9 Å². The Labute approximate surface area is 214 Å². The zero-order valence-corrected chi connectivity index (χ0v) is 21.1. The van der Waals surface area contributed by atoms with Crippen molar-refractivity contribution in [1.29, 1.82) is 0 Å². The molecule has 158 valence electrons. The van der Waals surface area contributed by atoms with Gasteiger partial charge >= 0.3 is 29.6 Å². The van der Waals surface area contributed by atoms with Crippen LogP contribution >= 0.6 is 11.6 Å². The van der Waals surface area contributed by atoms with Crippen LogP contribution in [0.25, 0.3) is 6.08 Å². The number of nitrogens with one attached hydrogen (secondary N) is 1. The van der Waals surface area contributed by atoms with Crippen LogP contribution in [0.5, 0.6) is 5.75 Å². The number of hydrogen-bond donors (Lipinski definition) is 4. The first-order chi connectivity index (χ1) is 13.4. The number of allylic oxidation sites excluding steroid dienone is 1. The first kappa shape index (κ1) is 27.8. The van der Waals surface area contributed by atoms with Gasteiger partial charge in [-0.05, 0) is 42.0 Å². The van der Waals surface area contributed by atoms with Gasteiger partial charge in [0, 0.05) is 27.9 Å². The van der Waals surface area contributed by atoms with Gasteiger partial charge in [0.15, 0.2) is 0 Å². The molecular weight excluding hydrogens is 523 g/mol. The van der Waals surface area contributed by atoms with Crippen LogP contribution in [0, 0.1) is 0 Å². The van der Waals surface area contributed by atoms with E-state index in [1.807, 2.05) is 0 Å². The van der Waals surface area contributed by atoms with Gasteiger partial charge in [0.05, 0.1) is 10.6 Å². The van der Waals surface area contributed by atoms with Crippen molar-refractivity contribution in [3.05, 3.63) is 52.6 Å². The molecule has 1 aliphatic rings. The summed E-state index contributed by atoms with van der Waals surface area (Å²) in [6.45, 7) is 0. The van der Waals surface area contributed by atoms with E-state index in [1.165, 1.54) is 18.2 Å². The molecule has 0 atom stereocenters. The minimum atomic E-state index is -5.02. The summed E-state index contributed by atoms with van der Waals surface area (Å²) in [4.78, 5) is 10.5. The number of ketones is 1. The number of rotatable bonds is 4. The summed E-state index contributed by atoms with van der Waals surface area (Å²) in [6.07, 6.45) is 2.10. The fraction of sp³-hybridized carbons (Fsp3) is 0. The van der Waals surface area contributed by atoms with Gasteiger partial charge in [0.2, 0.25) is 5.78 Å². The Balaban J connectivity index is 0.00000240. The number of benzene rings is 2. The molecule has 0 radical (unpaired) electrons. The number of phenols is 1. The Morgan fingerprint density at radius 3 is 2.19 bits per heavy atom. The normalized spacial score (nSPS) is 14.4. The molecular formula is C16H11ClCrN2NaO8S2+. The van der Waals surface area contributed by atoms with Crippen molar-refractivity contribution >= 4 is 55.1 Å². The number of carbonyl (C=O) groups is 1. The van der Waals surface area contributed by atoms with Crippen molar-refractivity contribution in [2.24, 2.45) is 5.10 Å². The minimum absolute atomic E-state index is 0. The van der Waals surface area contributed by atoms with Gasteiger partial charge in [-0.15, -0.1) is 0 Å². The molecule has 31 heavy (non-hydrogen) atoms. The zero-order valence-electron chi connectivity index (χ0n) is 15.5. The second-order valence-electron chi connectivity index (χ2n) is 5.77. The average Bonchev–Trinajstić information content (AvgIpc) is 2.61. The average molecular weight is 534 g/mol. The van der Waals surface area contributed by atoms with Crippen LogP contribution in [0.3, 0.4) is 0 Å². The maximum atomic E-state index is 12.3. The SMILES string of the molecule is O=C1C=Cc2cc(S(=O)(=O)O)cc(S(=O)(=O)O)c2C1=NNc1cc(Cl)ccc1O.[Cr].[Na+]. The van der Waals surface area contributed by atoms with E-state index in [2.05, 4.69) is 10.5 Å². The molecule has 4 N–H and O–H groups in total. The zero-order chi connectivity index (χ0) is 21.6. The number of nitrogens with zero attached hydrogens (tertiary/aromatic N) is 1. The fourth-order valence-electron chi connectivity index (χ4n) is 2.54. The summed E-state index contributed by atoms with van der Waals surface area (Å²) in [5.74, 6) is -1.04. The van der Waals surface area contributed by atoms with Crippen molar-refractivity contribution in [2.75, 3.05) is 5.43 Å². The van der Waals surface area contributed by atoms with Gasteiger partial charge in [-0.3, -0.25) is 19.3 Å². The number of hydrazone groups is 1. The molecule has 0 spiro atoms. The molecule has 2 aromatic rings. The molecule has 0 fully saturated rings. The molecule has 1 aliphatic carbocycles. The van der Waals surface area contributed by atoms with Crippen LogP contribution in [0.15, 0.2) is 51.3 Å². The summed E-state index contributed by atoms with van der Waals surface area (Å²) in [5.41, 5.74) is 1.38. The van der Waals surface area contributed by atoms with E-state index >= 15 is 0 Å². The Morgan fingerprint density at radius 1 is 0.968 bits per heavy atom. The number of halogens is 1. The molecule has 2 aromatic carbocycles.